The Morgan fingerprint density at radius 3 is 2.33 bits per heavy atom. The molecule has 18 heavy (non-hydrogen) atoms. The number of benzene rings is 1. The van der Waals surface area contributed by atoms with Gasteiger partial charge in [-0.15, -0.1) is 0 Å². The van der Waals surface area contributed by atoms with Gasteiger partial charge in [0.1, 0.15) is 0 Å². The van der Waals surface area contributed by atoms with Crippen LogP contribution in [0.1, 0.15) is 46.5 Å². The largest absolute Gasteiger partial charge is 0.356 e. The molecule has 1 unspecified atom stereocenters. The highest BCUT2D eigenvalue weighted by molar-refractivity contribution is 5.46. The van der Waals surface area contributed by atoms with Crippen LogP contribution in [0.2, 0.25) is 0 Å². The third-order valence-corrected chi connectivity index (χ3v) is 3.33. The Labute approximate surface area is 112 Å². The second-order valence-electron chi connectivity index (χ2n) is 4.69. The summed E-state index contributed by atoms with van der Waals surface area (Å²) in [6.07, 6.45) is 5.61. The van der Waals surface area contributed by atoms with E-state index in [1.807, 2.05) is 0 Å². The Balaban J connectivity index is 2.67. The molecule has 2 heteroatoms. The van der Waals surface area contributed by atoms with Crippen molar-refractivity contribution >= 4 is 5.69 Å². The molecular formula is C16H28N2. The molecule has 0 aromatic heterocycles. The Bertz CT molecular complexity index is 297. The topological polar surface area (TPSA) is 15.3 Å². The van der Waals surface area contributed by atoms with Crippen molar-refractivity contribution in [3.63, 3.8) is 0 Å². The zero-order valence-electron chi connectivity index (χ0n) is 12.2. The summed E-state index contributed by atoms with van der Waals surface area (Å²) in [6.45, 7) is 8.76. The summed E-state index contributed by atoms with van der Waals surface area (Å²) in [4.78, 5) is 2.47. The fraction of sp³-hybridized carbons (Fsp3) is 0.625. The van der Waals surface area contributed by atoms with Crippen LogP contribution in [0.5, 0.6) is 0 Å². The third-order valence-electron chi connectivity index (χ3n) is 3.33. The Hall–Kier alpha value is -1.02. The van der Waals surface area contributed by atoms with Gasteiger partial charge >= 0.3 is 0 Å². The van der Waals surface area contributed by atoms with Crippen molar-refractivity contribution in [1.29, 1.82) is 0 Å². The highest BCUT2D eigenvalue weighted by atomic mass is 15.3. The van der Waals surface area contributed by atoms with Crippen LogP contribution in [-0.4, -0.2) is 19.3 Å². The van der Waals surface area contributed by atoms with Crippen LogP contribution in [0.15, 0.2) is 30.3 Å². The maximum absolute atomic E-state index is 3.62. The Morgan fingerprint density at radius 1 is 1.06 bits per heavy atom. The summed E-state index contributed by atoms with van der Waals surface area (Å²) in [5.41, 5.74) is 1.32. The molecule has 0 aliphatic heterocycles. The summed E-state index contributed by atoms with van der Waals surface area (Å²) >= 11 is 0. The lowest BCUT2D eigenvalue weighted by atomic mass is 10.1. The van der Waals surface area contributed by atoms with Crippen LogP contribution in [0.25, 0.3) is 0 Å². The van der Waals surface area contributed by atoms with Crippen LogP contribution in [0.3, 0.4) is 0 Å². The number of hydrogen-bond acceptors (Lipinski definition) is 2. The van der Waals surface area contributed by atoms with Gasteiger partial charge in [0.15, 0.2) is 0 Å². The first-order valence-corrected chi connectivity index (χ1v) is 7.38. The summed E-state index contributed by atoms with van der Waals surface area (Å²) < 4.78 is 0. The lowest BCUT2D eigenvalue weighted by Gasteiger charge is -2.33. The van der Waals surface area contributed by atoms with Crippen LogP contribution in [0.4, 0.5) is 5.69 Å². The normalized spacial score (nSPS) is 12.4. The first-order valence-electron chi connectivity index (χ1n) is 7.38. The minimum Gasteiger partial charge on any atom is -0.356 e. The number of para-hydroxylation sites is 1. The van der Waals surface area contributed by atoms with E-state index in [9.17, 15) is 0 Å². The molecular weight excluding hydrogens is 220 g/mol. The van der Waals surface area contributed by atoms with Crippen molar-refractivity contribution < 1.29 is 0 Å². The van der Waals surface area contributed by atoms with Crippen molar-refractivity contribution in [3.05, 3.63) is 30.3 Å². The van der Waals surface area contributed by atoms with Gasteiger partial charge in [-0.3, -0.25) is 5.32 Å². The number of rotatable bonds is 9. The quantitative estimate of drug-likeness (QED) is 0.524. The molecule has 0 saturated carbocycles. The van der Waals surface area contributed by atoms with Gasteiger partial charge in [-0.2, -0.15) is 0 Å². The minimum absolute atomic E-state index is 0.467. The molecule has 1 atom stereocenters. The number of nitrogens with one attached hydrogen (secondary N) is 1. The molecule has 1 aromatic carbocycles. The molecule has 2 nitrogen and oxygen atoms in total. The van der Waals surface area contributed by atoms with Crippen molar-refractivity contribution in [3.8, 4) is 0 Å². The predicted molar refractivity (Wildman–Crippen MR) is 81.1 cm³/mol. The van der Waals surface area contributed by atoms with Gasteiger partial charge in [0.05, 0.1) is 6.17 Å². The number of hydrogen-bond donors (Lipinski definition) is 1. The molecule has 0 radical (unpaired) electrons. The zero-order valence-corrected chi connectivity index (χ0v) is 12.2. The molecule has 1 N–H and O–H groups in total. The van der Waals surface area contributed by atoms with Gasteiger partial charge in [0.2, 0.25) is 0 Å². The van der Waals surface area contributed by atoms with Crippen LogP contribution < -0.4 is 10.2 Å². The van der Waals surface area contributed by atoms with Crippen molar-refractivity contribution in [2.24, 2.45) is 0 Å². The standard InChI is InChI=1S/C16H28N2/c1-4-7-9-14-16(17-5-2)18(6-3)15-12-10-8-11-13-15/h8,10-13,16-17H,4-7,9,14H2,1-3H3. The van der Waals surface area contributed by atoms with Crippen LogP contribution in [0, 0.1) is 0 Å². The van der Waals surface area contributed by atoms with E-state index in [-0.39, 0.29) is 0 Å². The SMILES string of the molecule is CCCCCC(NCC)N(CC)c1ccccc1. The Kier molecular flexibility index (Phi) is 7.51. The van der Waals surface area contributed by atoms with E-state index in [1.165, 1.54) is 31.4 Å². The van der Waals surface area contributed by atoms with E-state index >= 15 is 0 Å². The Morgan fingerprint density at radius 2 is 1.78 bits per heavy atom. The lowest BCUT2D eigenvalue weighted by Crippen LogP contribution is -2.45. The fourth-order valence-electron chi connectivity index (χ4n) is 2.39. The lowest BCUT2D eigenvalue weighted by molar-refractivity contribution is 0.450. The van der Waals surface area contributed by atoms with Crippen LogP contribution in [-0.2, 0) is 0 Å². The van der Waals surface area contributed by atoms with Crippen molar-refractivity contribution in [2.45, 2.75) is 52.6 Å². The molecule has 0 fully saturated rings. The van der Waals surface area contributed by atoms with Gasteiger partial charge in [-0.25, -0.2) is 0 Å². The second kappa shape index (κ2) is 8.98. The smallest absolute Gasteiger partial charge is 0.0795 e. The monoisotopic (exact) mass is 248 g/mol. The van der Waals surface area contributed by atoms with Crippen molar-refractivity contribution in [2.75, 3.05) is 18.0 Å². The molecule has 0 amide bonds. The van der Waals surface area contributed by atoms with Gasteiger partial charge in [0, 0.05) is 12.2 Å². The third kappa shape index (κ3) is 4.69. The molecule has 0 spiro atoms. The molecule has 0 bridgehead atoms. The number of nitrogens with zero attached hydrogens (tertiary/aromatic N) is 1. The fourth-order valence-corrected chi connectivity index (χ4v) is 2.39. The van der Waals surface area contributed by atoms with E-state index in [4.69, 9.17) is 0 Å². The van der Waals surface area contributed by atoms with Gasteiger partial charge in [-0.1, -0.05) is 51.3 Å². The average Bonchev–Trinajstić information content (AvgIpc) is 2.41. The van der Waals surface area contributed by atoms with Gasteiger partial charge < -0.3 is 4.90 Å². The van der Waals surface area contributed by atoms with Gasteiger partial charge in [0.25, 0.3) is 0 Å². The molecule has 0 aliphatic carbocycles. The van der Waals surface area contributed by atoms with Crippen molar-refractivity contribution in [1.82, 2.24) is 5.32 Å². The average molecular weight is 248 g/mol. The first-order chi connectivity index (χ1) is 8.83. The second-order valence-corrected chi connectivity index (χ2v) is 4.69. The number of unbranched alkanes of at least 4 members (excludes halogenated alkanes) is 2. The van der Waals surface area contributed by atoms with E-state index in [1.54, 1.807) is 0 Å². The maximum Gasteiger partial charge on any atom is 0.0795 e. The summed E-state index contributed by atoms with van der Waals surface area (Å²) in [7, 11) is 0. The highest BCUT2D eigenvalue weighted by Crippen LogP contribution is 2.18. The molecule has 0 aliphatic rings. The summed E-state index contributed by atoms with van der Waals surface area (Å²) in [5.74, 6) is 0. The maximum atomic E-state index is 3.62. The minimum atomic E-state index is 0.467. The predicted octanol–water partition coefficient (Wildman–Crippen LogP) is 4.03. The van der Waals surface area contributed by atoms with E-state index in [0.29, 0.717) is 6.17 Å². The van der Waals surface area contributed by atoms with Gasteiger partial charge in [-0.05, 0) is 32.0 Å². The number of anilines is 1. The zero-order chi connectivity index (χ0) is 13.2. The highest BCUT2D eigenvalue weighted by Gasteiger charge is 2.15. The molecule has 1 rings (SSSR count). The summed E-state index contributed by atoms with van der Waals surface area (Å²) in [6, 6.07) is 10.7. The van der Waals surface area contributed by atoms with E-state index in [0.717, 1.165) is 13.1 Å². The summed E-state index contributed by atoms with van der Waals surface area (Å²) in [5, 5.41) is 3.62. The van der Waals surface area contributed by atoms with Crippen LogP contribution >= 0.6 is 0 Å². The molecule has 0 saturated heterocycles. The van der Waals surface area contributed by atoms with E-state index < -0.39 is 0 Å². The first kappa shape index (κ1) is 15.0. The molecule has 102 valence electrons. The van der Waals surface area contributed by atoms with E-state index in [2.05, 4.69) is 61.3 Å². The molecule has 1 aromatic rings. The molecule has 0 heterocycles.